The minimum absolute atomic E-state index is 0.0796. The summed E-state index contributed by atoms with van der Waals surface area (Å²) in [7, 11) is 0. The molecule has 0 saturated carbocycles. The first-order valence-corrected chi connectivity index (χ1v) is 7.84. The second-order valence-corrected chi connectivity index (χ2v) is 7.05. The van der Waals surface area contributed by atoms with Crippen LogP contribution in [0.25, 0.3) is 0 Å². The van der Waals surface area contributed by atoms with Gasteiger partial charge in [0.1, 0.15) is 23.9 Å². The van der Waals surface area contributed by atoms with E-state index in [1.54, 1.807) is 0 Å². The van der Waals surface area contributed by atoms with Crippen molar-refractivity contribution in [3.63, 3.8) is 0 Å². The van der Waals surface area contributed by atoms with E-state index in [4.69, 9.17) is 9.15 Å². The van der Waals surface area contributed by atoms with Crippen LogP contribution in [0.15, 0.2) is 39.2 Å². The normalized spacial score (nSPS) is 11.7. The zero-order valence-corrected chi connectivity index (χ0v) is 14.6. The number of aryl methyl sites for hydroxylation is 1. The molecule has 1 heterocycles. The molecule has 0 atom stereocenters. The molecule has 114 valence electrons. The molecular weight excluding hydrogens is 330 g/mol. The first kappa shape index (κ1) is 16.1. The average Bonchev–Trinajstić information content (AvgIpc) is 2.82. The molecule has 1 aromatic carbocycles. The number of hydrogen-bond donors (Lipinski definition) is 1. The number of hydrogen-bond acceptors (Lipinski definition) is 3. The van der Waals surface area contributed by atoms with Gasteiger partial charge in [-0.2, -0.15) is 0 Å². The standard InChI is InChI=1S/C17H22BrNO2/c1-12-5-8-16(15(18)9-12)20-11-14-7-6-13(21-14)10-19-17(2,3)4/h5-9,19H,10-11H2,1-4H3. The van der Waals surface area contributed by atoms with Crippen LogP contribution >= 0.6 is 15.9 Å². The molecule has 2 aromatic rings. The van der Waals surface area contributed by atoms with Crippen molar-refractivity contribution in [1.29, 1.82) is 0 Å². The van der Waals surface area contributed by atoms with E-state index in [9.17, 15) is 0 Å². The first-order valence-electron chi connectivity index (χ1n) is 7.05. The van der Waals surface area contributed by atoms with Gasteiger partial charge in [-0.15, -0.1) is 0 Å². The second kappa shape index (κ2) is 6.67. The maximum absolute atomic E-state index is 5.78. The molecule has 0 amide bonds. The lowest BCUT2D eigenvalue weighted by Crippen LogP contribution is -2.34. The summed E-state index contributed by atoms with van der Waals surface area (Å²) in [6, 6.07) is 9.98. The summed E-state index contributed by atoms with van der Waals surface area (Å²) in [5.74, 6) is 2.58. The minimum atomic E-state index is 0.0796. The Hall–Kier alpha value is -1.26. The highest BCUT2D eigenvalue weighted by atomic mass is 79.9. The van der Waals surface area contributed by atoms with Crippen molar-refractivity contribution in [1.82, 2.24) is 5.32 Å². The van der Waals surface area contributed by atoms with Crippen LogP contribution in [-0.2, 0) is 13.2 Å². The van der Waals surface area contributed by atoms with Crippen molar-refractivity contribution < 1.29 is 9.15 Å². The van der Waals surface area contributed by atoms with E-state index in [1.165, 1.54) is 5.56 Å². The molecule has 0 aliphatic carbocycles. The van der Waals surface area contributed by atoms with Gasteiger partial charge >= 0.3 is 0 Å². The van der Waals surface area contributed by atoms with Gasteiger partial charge in [0.25, 0.3) is 0 Å². The molecule has 0 aliphatic rings. The largest absolute Gasteiger partial charge is 0.484 e. The maximum atomic E-state index is 5.78. The highest BCUT2D eigenvalue weighted by molar-refractivity contribution is 9.10. The quantitative estimate of drug-likeness (QED) is 0.838. The summed E-state index contributed by atoms with van der Waals surface area (Å²) in [6.07, 6.45) is 0. The number of nitrogens with one attached hydrogen (secondary N) is 1. The Morgan fingerprint density at radius 3 is 2.52 bits per heavy atom. The fourth-order valence-corrected chi connectivity index (χ4v) is 2.43. The van der Waals surface area contributed by atoms with E-state index < -0.39 is 0 Å². The van der Waals surface area contributed by atoms with Gasteiger partial charge in [0.2, 0.25) is 0 Å². The Bertz CT molecular complexity index is 599. The molecular formula is C17H22BrNO2. The van der Waals surface area contributed by atoms with Crippen LogP contribution in [0, 0.1) is 6.92 Å². The maximum Gasteiger partial charge on any atom is 0.146 e. The van der Waals surface area contributed by atoms with Crippen LogP contribution < -0.4 is 10.1 Å². The van der Waals surface area contributed by atoms with Gasteiger partial charge in [0.05, 0.1) is 11.0 Å². The summed E-state index contributed by atoms with van der Waals surface area (Å²) in [4.78, 5) is 0. The minimum Gasteiger partial charge on any atom is -0.484 e. The fourth-order valence-electron chi connectivity index (χ4n) is 1.82. The summed E-state index contributed by atoms with van der Waals surface area (Å²) < 4.78 is 12.5. The molecule has 0 fully saturated rings. The van der Waals surface area contributed by atoms with E-state index in [2.05, 4.69) is 48.9 Å². The average molecular weight is 352 g/mol. The Labute approximate surface area is 134 Å². The van der Waals surface area contributed by atoms with E-state index >= 15 is 0 Å². The molecule has 0 unspecified atom stereocenters. The van der Waals surface area contributed by atoms with Gasteiger partial charge in [-0.3, -0.25) is 0 Å². The molecule has 2 rings (SSSR count). The SMILES string of the molecule is Cc1ccc(OCc2ccc(CNC(C)(C)C)o2)c(Br)c1. The highest BCUT2D eigenvalue weighted by Gasteiger charge is 2.10. The molecule has 3 nitrogen and oxygen atoms in total. The third-order valence-electron chi connectivity index (χ3n) is 2.97. The van der Waals surface area contributed by atoms with Gasteiger partial charge in [0, 0.05) is 5.54 Å². The van der Waals surface area contributed by atoms with Crippen molar-refractivity contribution in [2.24, 2.45) is 0 Å². The molecule has 0 spiro atoms. The Balaban J connectivity index is 1.90. The topological polar surface area (TPSA) is 34.4 Å². The van der Waals surface area contributed by atoms with Gasteiger partial charge in [-0.1, -0.05) is 6.07 Å². The molecule has 21 heavy (non-hydrogen) atoms. The van der Waals surface area contributed by atoms with Crippen LogP contribution in [0.1, 0.15) is 37.9 Å². The molecule has 0 aliphatic heterocycles. The molecule has 0 bridgehead atoms. The van der Waals surface area contributed by atoms with Crippen molar-refractivity contribution in [2.45, 2.75) is 46.4 Å². The van der Waals surface area contributed by atoms with Gasteiger partial charge in [0.15, 0.2) is 0 Å². The number of furan rings is 1. The van der Waals surface area contributed by atoms with Crippen LogP contribution in [-0.4, -0.2) is 5.54 Å². The smallest absolute Gasteiger partial charge is 0.146 e. The number of benzene rings is 1. The van der Waals surface area contributed by atoms with Crippen LogP contribution in [0.5, 0.6) is 5.75 Å². The number of halogens is 1. The van der Waals surface area contributed by atoms with Crippen LogP contribution in [0.2, 0.25) is 0 Å². The fraction of sp³-hybridized carbons (Fsp3) is 0.412. The van der Waals surface area contributed by atoms with E-state index in [0.717, 1.165) is 28.3 Å². The van der Waals surface area contributed by atoms with Crippen molar-refractivity contribution in [2.75, 3.05) is 0 Å². The number of rotatable bonds is 5. The van der Waals surface area contributed by atoms with Gasteiger partial charge < -0.3 is 14.5 Å². The lowest BCUT2D eigenvalue weighted by Gasteiger charge is -2.19. The van der Waals surface area contributed by atoms with Crippen LogP contribution in [0.3, 0.4) is 0 Å². The summed E-state index contributed by atoms with van der Waals surface area (Å²) in [5.41, 5.74) is 1.28. The number of ether oxygens (including phenoxy) is 1. The van der Waals surface area contributed by atoms with Crippen molar-refractivity contribution >= 4 is 15.9 Å². The van der Waals surface area contributed by atoms with Gasteiger partial charge in [-0.25, -0.2) is 0 Å². The Kier molecular flexibility index (Phi) is 5.12. The van der Waals surface area contributed by atoms with Crippen LogP contribution in [0.4, 0.5) is 0 Å². The predicted molar refractivity (Wildman–Crippen MR) is 88.5 cm³/mol. The highest BCUT2D eigenvalue weighted by Crippen LogP contribution is 2.26. The summed E-state index contributed by atoms with van der Waals surface area (Å²) in [6.45, 7) is 9.60. The third kappa shape index (κ3) is 5.21. The Morgan fingerprint density at radius 1 is 1.14 bits per heavy atom. The third-order valence-corrected chi connectivity index (χ3v) is 3.59. The molecule has 4 heteroatoms. The van der Waals surface area contributed by atoms with E-state index in [1.807, 2.05) is 30.3 Å². The van der Waals surface area contributed by atoms with E-state index in [-0.39, 0.29) is 5.54 Å². The molecule has 1 aromatic heterocycles. The summed E-state index contributed by atoms with van der Waals surface area (Å²) >= 11 is 3.51. The lowest BCUT2D eigenvalue weighted by molar-refractivity contribution is 0.261. The molecule has 0 radical (unpaired) electrons. The Morgan fingerprint density at radius 2 is 1.86 bits per heavy atom. The van der Waals surface area contributed by atoms with Gasteiger partial charge in [-0.05, 0) is 73.5 Å². The zero-order valence-electron chi connectivity index (χ0n) is 13.0. The van der Waals surface area contributed by atoms with E-state index in [0.29, 0.717) is 6.61 Å². The summed E-state index contributed by atoms with van der Waals surface area (Å²) in [5, 5.41) is 3.40. The van der Waals surface area contributed by atoms with Crippen molar-refractivity contribution in [3.8, 4) is 5.75 Å². The lowest BCUT2D eigenvalue weighted by atomic mass is 10.1. The molecule has 1 N–H and O–H groups in total. The zero-order chi connectivity index (χ0) is 15.5. The second-order valence-electron chi connectivity index (χ2n) is 6.19. The first-order chi connectivity index (χ1) is 9.83. The monoisotopic (exact) mass is 351 g/mol. The predicted octanol–water partition coefficient (Wildman–Crippen LogP) is 4.82. The van der Waals surface area contributed by atoms with Crippen molar-refractivity contribution in [3.05, 3.63) is 51.9 Å². The molecule has 0 saturated heterocycles.